The molecule has 0 atom stereocenters. The molecule has 37 heavy (non-hydrogen) atoms. The number of nitriles is 1. The monoisotopic (exact) mass is 500 g/mol. The number of hydrogen-bond donors (Lipinski definition) is 1. The number of hydrogen-bond acceptors (Lipinski definition) is 7. The van der Waals surface area contributed by atoms with E-state index >= 15 is 0 Å². The van der Waals surface area contributed by atoms with Crippen LogP contribution in [0.2, 0.25) is 12.6 Å². The van der Waals surface area contributed by atoms with E-state index in [2.05, 4.69) is 10.7 Å². The highest BCUT2D eigenvalue weighted by Gasteiger charge is 2.29. The van der Waals surface area contributed by atoms with Gasteiger partial charge in [0.2, 0.25) is 0 Å². The van der Waals surface area contributed by atoms with Gasteiger partial charge in [0.25, 0.3) is 12.3 Å². The summed E-state index contributed by atoms with van der Waals surface area (Å²) < 4.78 is 11.9. The molecule has 1 amide bonds. The quantitative estimate of drug-likeness (QED) is 0.330. The summed E-state index contributed by atoms with van der Waals surface area (Å²) in [5.41, 5.74) is 4.71. The van der Waals surface area contributed by atoms with Crippen LogP contribution in [0.1, 0.15) is 29.2 Å². The van der Waals surface area contributed by atoms with E-state index in [0.29, 0.717) is 61.3 Å². The molecule has 1 aromatic carbocycles. The van der Waals surface area contributed by atoms with E-state index in [1.165, 1.54) is 0 Å². The van der Waals surface area contributed by atoms with E-state index in [4.69, 9.17) is 20.1 Å². The first-order chi connectivity index (χ1) is 17.8. The Labute approximate surface area is 213 Å². The molecule has 5 rings (SSSR count). The number of fused-ring (bicyclic) bond motifs is 4. The number of aromatic nitrogens is 2. The van der Waals surface area contributed by atoms with Crippen LogP contribution in [-0.4, -0.2) is 51.6 Å². The highest BCUT2D eigenvalue weighted by molar-refractivity contribution is 6.67. The topological polar surface area (TPSA) is 135 Å². The first kappa shape index (κ1) is 24.4. The van der Waals surface area contributed by atoms with Gasteiger partial charge in [0.1, 0.15) is 12.4 Å². The predicted molar refractivity (Wildman–Crippen MR) is 136 cm³/mol. The molecule has 0 spiro atoms. The highest BCUT2D eigenvalue weighted by Crippen LogP contribution is 2.37. The van der Waals surface area contributed by atoms with Crippen LogP contribution < -0.4 is 10.3 Å². The second kappa shape index (κ2) is 9.62. The molecule has 10 nitrogen and oxygen atoms in total. The number of rotatable bonds is 4. The molecule has 2 aromatic heterocycles. The maximum Gasteiger partial charge on any atom is 0.506 e. The first-order valence-corrected chi connectivity index (χ1v) is 12.2. The smallest absolute Gasteiger partial charge is 0.450 e. The normalized spacial score (nSPS) is 14.2. The van der Waals surface area contributed by atoms with E-state index < -0.39 is 12.2 Å². The van der Waals surface area contributed by atoms with Crippen molar-refractivity contribution in [2.24, 2.45) is 0 Å². The zero-order valence-corrected chi connectivity index (χ0v) is 20.6. The number of pyridine rings is 2. The lowest BCUT2D eigenvalue weighted by Gasteiger charge is -2.27. The van der Waals surface area contributed by atoms with Gasteiger partial charge in [0, 0.05) is 30.0 Å². The van der Waals surface area contributed by atoms with Crippen LogP contribution >= 0.6 is 0 Å². The third kappa shape index (κ3) is 4.39. The molecule has 1 N–H and O–H groups in total. The summed E-state index contributed by atoms with van der Waals surface area (Å²) >= 11 is 0. The van der Waals surface area contributed by atoms with Crippen molar-refractivity contribution in [3.05, 3.63) is 56.9 Å². The zero-order valence-electron chi connectivity index (χ0n) is 20.6. The molecule has 188 valence electrons. The summed E-state index contributed by atoms with van der Waals surface area (Å²) in [7, 11) is 0. The molecule has 0 radical (unpaired) electrons. The van der Waals surface area contributed by atoms with Gasteiger partial charge in [-0.05, 0) is 61.4 Å². The molecule has 2 aliphatic rings. The van der Waals surface area contributed by atoms with Crippen LogP contribution in [0.5, 0.6) is 5.75 Å². The van der Waals surface area contributed by atoms with Crippen molar-refractivity contribution >= 4 is 29.9 Å². The Bertz CT molecular complexity index is 1540. The van der Waals surface area contributed by atoms with Gasteiger partial charge in [-0.25, -0.2) is 19.8 Å². The summed E-state index contributed by atoms with van der Waals surface area (Å²) in [6.07, 6.45) is 0.0912. The average Bonchev–Trinajstić information content (AvgIpc) is 3.25. The number of carbonyl (C=O) groups is 2. The molecule has 11 heteroatoms. The second-order valence-corrected chi connectivity index (χ2v) is 9.35. The lowest BCUT2D eigenvalue weighted by atomic mass is 9.45. The van der Waals surface area contributed by atoms with Gasteiger partial charge in [0.15, 0.2) is 0 Å². The fourth-order valence-electron chi connectivity index (χ4n) is 5.19. The summed E-state index contributed by atoms with van der Waals surface area (Å²) in [4.78, 5) is 43.2. The van der Waals surface area contributed by atoms with E-state index in [1.54, 1.807) is 22.5 Å². The Morgan fingerprint density at radius 1 is 1.22 bits per heavy atom. The molecular formula is C26H25BN4O6. The minimum absolute atomic E-state index is 0.0220. The fourth-order valence-corrected chi connectivity index (χ4v) is 5.19. The minimum atomic E-state index is -1.43. The van der Waals surface area contributed by atoms with E-state index in [9.17, 15) is 14.4 Å². The number of nitrogens with zero attached hydrogens (tertiary/aromatic N) is 4. The van der Waals surface area contributed by atoms with Gasteiger partial charge in [-0.1, -0.05) is 6.92 Å². The molecule has 0 aliphatic carbocycles. The standard InChI is InChI=1S/C26H25BN4O6/c1-3-17-18-11-16(37-25(33)30-8-6-27(14-28)7-9-30)4-5-21(18)29-23-19(17)12-31-22(23)10-15(2)20(24(31)32)13-36-26(34)35/h4-5,10-11H,3,6-9,12-13H2,1-2H3,(H,34,35). The summed E-state index contributed by atoms with van der Waals surface area (Å²) in [6.45, 7) is 4.75. The highest BCUT2D eigenvalue weighted by atomic mass is 16.7. The number of amides is 1. The Hall–Kier alpha value is -4.33. The van der Waals surface area contributed by atoms with Crippen molar-refractivity contribution in [1.82, 2.24) is 14.5 Å². The number of ether oxygens (including phenoxy) is 2. The molecule has 0 unspecified atom stereocenters. The largest absolute Gasteiger partial charge is 0.506 e. The van der Waals surface area contributed by atoms with Crippen LogP contribution in [0.15, 0.2) is 29.1 Å². The SMILES string of the molecule is CCc1c2c(nc3ccc(OC(=O)N4CCB(C#N)CC4)cc13)-c1cc(C)c(COC(=O)O)c(=O)n1C2. The molecular weight excluding hydrogens is 475 g/mol. The van der Waals surface area contributed by atoms with Gasteiger partial charge in [0.05, 0.1) is 29.0 Å². The van der Waals surface area contributed by atoms with Crippen molar-refractivity contribution in [2.45, 2.75) is 46.1 Å². The summed E-state index contributed by atoms with van der Waals surface area (Å²) in [6, 6.07) is 7.17. The van der Waals surface area contributed by atoms with Gasteiger partial charge in [-0.3, -0.25) is 4.79 Å². The number of carbonyl (C=O) groups excluding carboxylic acids is 1. The van der Waals surface area contributed by atoms with Gasteiger partial charge < -0.3 is 24.0 Å². The molecule has 2 aliphatic heterocycles. The second-order valence-electron chi connectivity index (χ2n) is 9.35. The fraction of sp³-hybridized carbons (Fsp3) is 0.346. The Kier molecular flexibility index (Phi) is 6.33. The van der Waals surface area contributed by atoms with E-state index in [-0.39, 0.29) is 18.9 Å². The van der Waals surface area contributed by atoms with E-state index in [1.807, 2.05) is 25.1 Å². The zero-order chi connectivity index (χ0) is 26.3. The van der Waals surface area contributed by atoms with Crippen molar-refractivity contribution in [2.75, 3.05) is 13.1 Å². The Balaban J connectivity index is 1.47. The molecule has 0 bridgehead atoms. The number of benzene rings is 1. The van der Waals surface area contributed by atoms with Crippen molar-refractivity contribution in [3.63, 3.8) is 0 Å². The van der Waals surface area contributed by atoms with Crippen LogP contribution in [0.3, 0.4) is 0 Å². The molecule has 1 saturated heterocycles. The molecule has 4 heterocycles. The van der Waals surface area contributed by atoms with Crippen LogP contribution in [0.4, 0.5) is 9.59 Å². The predicted octanol–water partition coefficient (Wildman–Crippen LogP) is 3.86. The minimum Gasteiger partial charge on any atom is -0.450 e. The van der Waals surface area contributed by atoms with Crippen molar-refractivity contribution < 1.29 is 24.2 Å². The Morgan fingerprint density at radius 2 is 1.97 bits per heavy atom. The number of aryl methyl sites for hydroxylation is 2. The Morgan fingerprint density at radius 3 is 2.65 bits per heavy atom. The lowest BCUT2D eigenvalue weighted by Crippen LogP contribution is -2.41. The van der Waals surface area contributed by atoms with Crippen LogP contribution in [0, 0.1) is 18.2 Å². The third-order valence-electron chi connectivity index (χ3n) is 7.19. The van der Waals surface area contributed by atoms with Gasteiger partial charge >= 0.3 is 12.2 Å². The molecule has 1 fully saturated rings. The first-order valence-electron chi connectivity index (χ1n) is 12.2. The van der Waals surface area contributed by atoms with Crippen molar-refractivity contribution in [3.8, 4) is 23.1 Å². The summed E-state index contributed by atoms with van der Waals surface area (Å²) in [5.74, 6) is 2.67. The van der Waals surface area contributed by atoms with Crippen LogP contribution in [-0.2, 0) is 24.3 Å². The molecule has 0 saturated carbocycles. The van der Waals surface area contributed by atoms with Crippen molar-refractivity contribution in [1.29, 1.82) is 5.26 Å². The lowest BCUT2D eigenvalue weighted by molar-refractivity contribution is 0.0848. The van der Waals surface area contributed by atoms with Gasteiger partial charge in [-0.15, -0.1) is 0 Å². The molecule has 3 aromatic rings. The van der Waals surface area contributed by atoms with E-state index in [0.717, 1.165) is 27.7 Å². The third-order valence-corrected chi connectivity index (χ3v) is 7.19. The number of carboxylic acid groups (broad SMARTS) is 1. The maximum absolute atomic E-state index is 13.2. The summed E-state index contributed by atoms with van der Waals surface area (Å²) in [5, 5.41) is 18.8. The van der Waals surface area contributed by atoms with Crippen LogP contribution in [0.25, 0.3) is 22.3 Å². The maximum atomic E-state index is 13.2. The average molecular weight is 500 g/mol. The van der Waals surface area contributed by atoms with Gasteiger partial charge in [-0.2, -0.15) is 0 Å².